The van der Waals surface area contributed by atoms with Gasteiger partial charge in [-0.05, 0) is 37.2 Å². The van der Waals surface area contributed by atoms with Gasteiger partial charge >= 0.3 is 0 Å². The largest absolute Gasteiger partial charge is 0.442 e. The van der Waals surface area contributed by atoms with Gasteiger partial charge in [0.2, 0.25) is 10.0 Å². The van der Waals surface area contributed by atoms with Crippen LogP contribution >= 0.6 is 0 Å². The number of aromatic nitrogens is 3. The second-order valence-corrected chi connectivity index (χ2v) is 7.65. The van der Waals surface area contributed by atoms with Gasteiger partial charge in [0.1, 0.15) is 5.82 Å². The zero-order chi connectivity index (χ0) is 15.7. The van der Waals surface area contributed by atoms with Crippen LogP contribution in [0.4, 0.5) is 5.82 Å². The minimum absolute atomic E-state index is 0. The third kappa shape index (κ3) is 4.29. The van der Waals surface area contributed by atoms with E-state index in [1.54, 1.807) is 6.20 Å². The summed E-state index contributed by atoms with van der Waals surface area (Å²) in [5, 5.41) is 6.10. The summed E-state index contributed by atoms with van der Waals surface area (Å²) in [4.78, 5) is 14.9. The van der Waals surface area contributed by atoms with Gasteiger partial charge in [0, 0.05) is 44.9 Å². The van der Waals surface area contributed by atoms with E-state index in [9.17, 15) is 8.42 Å². The number of fused-ring (bicyclic) bond motifs is 1. The standard InChI is InChI=1S/C14H20N5O2S.Ir/c1-19(14-12-6-7-16-13(12)17-9-18-14)11-4-2-10(3-5-11)8-22(15,20)21;/h6-7,9-11H,2-5,8H2,1H3,(H2-,15,16,17,18,20,21);/q-1;. The number of hydrogen-bond donors (Lipinski definition) is 1. The minimum atomic E-state index is -3.38. The van der Waals surface area contributed by atoms with Gasteiger partial charge in [-0.25, -0.2) is 18.5 Å². The van der Waals surface area contributed by atoms with E-state index in [1.807, 2.05) is 13.1 Å². The summed E-state index contributed by atoms with van der Waals surface area (Å²) in [6.45, 7) is 0. The summed E-state index contributed by atoms with van der Waals surface area (Å²) in [5.74, 6) is 1.15. The van der Waals surface area contributed by atoms with Crippen molar-refractivity contribution in [2.75, 3.05) is 17.7 Å². The molecule has 2 N–H and O–H groups in total. The maximum atomic E-state index is 11.2. The molecule has 0 amide bonds. The summed E-state index contributed by atoms with van der Waals surface area (Å²) in [5.41, 5.74) is 0.708. The normalized spacial score (nSPS) is 21.8. The fraction of sp³-hybridized carbons (Fsp3) is 0.571. The average molecular weight is 515 g/mol. The molecule has 2 aromatic heterocycles. The summed E-state index contributed by atoms with van der Waals surface area (Å²) < 4.78 is 22.4. The van der Waals surface area contributed by atoms with Crippen molar-refractivity contribution in [3.8, 4) is 0 Å². The number of nitrogens with zero attached hydrogens (tertiary/aromatic N) is 4. The summed E-state index contributed by atoms with van der Waals surface area (Å²) in [6, 6.07) is 2.28. The Morgan fingerprint density at radius 3 is 2.65 bits per heavy atom. The van der Waals surface area contributed by atoms with Crippen LogP contribution in [0.1, 0.15) is 25.7 Å². The zero-order valence-corrected chi connectivity index (χ0v) is 16.1. The fourth-order valence-electron chi connectivity index (χ4n) is 3.29. The van der Waals surface area contributed by atoms with Gasteiger partial charge in [-0.15, -0.1) is 0 Å². The number of sulfonamides is 1. The summed E-state index contributed by atoms with van der Waals surface area (Å²) in [6.07, 6.45) is 6.90. The van der Waals surface area contributed by atoms with Gasteiger partial charge in [0.25, 0.3) is 0 Å². The van der Waals surface area contributed by atoms with E-state index in [1.165, 1.54) is 6.33 Å². The number of anilines is 1. The molecule has 0 aliphatic heterocycles. The van der Waals surface area contributed by atoms with Crippen LogP contribution in [0, 0.1) is 5.92 Å². The van der Waals surface area contributed by atoms with Gasteiger partial charge in [0.05, 0.1) is 5.75 Å². The molecule has 0 bridgehead atoms. The van der Waals surface area contributed by atoms with Crippen LogP contribution in [0.2, 0.25) is 0 Å². The quantitative estimate of drug-likeness (QED) is 0.650. The van der Waals surface area contributed by atoms with E-state index in [0.717, 1.165) is 36.9 Å². The molecule has 1 fully saturated rings. The minimum Gasteiger partial charge on any atom is -0.442 e. The van der Waals surface area contributed by atoms with Crippen molar-refractivity contribution in [2.24, 2.45) is 11.1 Å². The number of nitrogens with two attached hydrogens (primary N) is 1. The second kappa shape index (κ2) is 7.25. The molecule has 0 atom stereocenters. The smallest absolute Gasteiger partial charge is 0.209 e. The Morgan fingerprint density at radius 1 is 1.30 bits per heavy atom. The maximum Gasteiger partial charge on any atom is 0.209 e. The third-order valence-corrected chi connectivity index (χ3v) is 5.38. The Morgan fingerprint density at radius 2 is 2.00 bits per heavy atom. The van der Waals surface area contributed by atoms with Crippen molar-refractivity contribution in [3.63, 3.8) is 0 Å². The molecular formula is C14H20IrN5O2S-. The first kappa shape index (κ1) is 18.3. The van der Waals surface area contributed by atoms with Crippen LogP contribution in [0.25, 0.3) is 11.0 Å². The summed E-state index contributed by atoms with van der Waals surface area (Å²) in [7, 11) is -1.35. The summed E-state index contributed by atoms with van der Waals surface area (Å²) >= 11 is 0. The molecule has 0 aromatic carbocycles. The van der Waals surface area contributed by atoms with Crippen molar-refractivity contribution in [2.45, 2.75) is 31.7 Å². The van der Waals surface area contributed by atoms with Gasteiger partial charge in [-0.3, -0.25) is 0 Å². The molecule has 129 valence electrons. The van der Waals surface area contributed by atoms with Crippen LogP contribution in [0.5, 0.6) is 0 Å². The molecule has 7 nitrogen and oxygen atoms in total. The Hall–Kier alpha value is -1.02. The first-order valence-corrected chi connectivity index (χ1v) is 9.11. The molecule has 0 unspecified atom stereocenters. The molecule has 1 aliphatic rings. The predicted molar refractivity (Wildman–Crippen MR) is 85.0 cm³/mol. The van der Waals surface area contributed by atoms with Crippen LogP contribution in [0.15, 0.2) is 18.6 Å². The molecule has 2 aromatic rings. The fourth-order valence-corrected chi connectivity index (χ4v) is 4.28. The van der Waals surface area contributed by atoms with E-state index < -0.39 is 10.0 Å². The van der Waals surface area contributed by atoms with E-state index >= 15 is 0 Å². The zero-order valence-electron chi connectivity index (χ0n) is 12.8. The van der Waals surface area contributed by atoms with Crippen molar-refractivity contribution in [1.29, 1.82) is 0 Å². The average Bonchev–Trinajstić information content (AvgIpc) is 2.94. The van der Waals surface area contributed by atoms with Crippen LogP contribution in [-0.2, 0) is 30.1 Å². The molecule has 1 saturated carbocycles. The van der Waals surface area contributed by atoms with E-state index in [-0.39, 0.29) is 31.8 Å². The van der Waals surface area contributed by atoms with Gasteiger partial charge in [-0.2, -0.15) is 0 Å². The van der Waals surface area contributed by atoms with E-state index in [2.05, 4.69) is 19.9 Å². The Kier molecular flexibility index (Phi) is 5.78. The Bertz CT molecular complexity index is 755. The van der Waals surface area contributed by atoms with E-state index in [0.29, 0.717) is 11.7 Å². The first-order chi connectivity index (χ1) is 10.4. The monoisotopic (exact) mass is 515 g/mol. The number of hydrogen-bond acceptors (Lipinski definition) is 5. The van der Waals surface area contributed by atoms with Gasteiger partial charge in [-0.1, -0.05) is 12.3 Å². The SMILES string of the molecule is CN(c1ncnc2[n-]ccc12)C1CCC(CS(N)(=O)=O)CC1.[Ir]. The Labute approximate surface area is 149 Å². The van der Waals surface area contributed by atoms with Crippen LogP contribution in [-0.4, -0.2) is 37.2 Å². The molecule has 2 heterocycles. The van der Waals surface area contributed by atoms with Gasteiger partial charge in [0.15, 0.2) is 0 Å². The molecular weight excluding hydrogens is 494 g/mol. The molecule has 0 saturated heterocycles. The number of rotatable bonds is 4. The number of primary sulfonamides is 1. The first-order valence-electron chi connectivity index (χ1n) is 7.40. The topological polar surface area (TPSA) is 103 Å². The molecule has 1 radical (unpaired) electrons. The third-order valence-electron chi connectivity index (χ3n) is 4.45. The second-order valence-electron chi connectivity index (χ2n) is 5.99. The van der Waals surface area contributed by atoms with E-state index in [4.69, 9.17) is 5.14 Å². The van der Waals surface area contributed by atoms with Crippen molar-refractivity contribution in [3.05, 3.63) is 18.6 Å². The predicted octanol–water partition coefficient (Wildman–Crippen LogP) is 0.868. The molecule has 3 rings (SSSR count). The van der Waals surface area contributed by atoms with Crippen molar-refractivity contribution < 1.29 is 28.5 Å². The van der Waals surface area contributed by atoms with Crippen molar-refractivity contribution >= 4 is 26.9 Å². The molecule has 1 aliphatic carbocycles. The van der Waals surface area contributed by atoms with Crippen LogP contribution in [0.3, 0.4) is 0 Å². The molecule has 0 spiro atoms. The Balaban J connectivity index is 0.00000192. The molecule has 23 heavy (non-hydrogen) atoms. The maximum absolute atomic E-state index is 11.2. The molecule has 9 heteroatoms. The van der Waals surface area contributed by atoms with Crippen LogP contribution < -0.4 is 15.0 Å². The van der Waals surface area contributed by atoms with Crippen molar-refractivity contribution in [1.82, 2.24) is 15.0 Å². The van der Waals surface area contributed by atoms with Gasteiger partial charge < -0.3 is 14.9 Å².